The lowest BCUT2D eigenvalue weighted by Gasteiger charge is -2.13. The molecular formula is C21H20FN3OS. The third-order valence-electron chi connectivity index (χ3n) is 3.84. The van der Waals surface area contributed by atoms with Gasteiger partial charge in [-0.25, -0.2) is 9.37 Å². The van der Waals surface area contributed by atoms with Crippen molar-refractivity contribution in [2.75, 3.05) is 6.54 Å². The van der Waals surface area contributed by atoms with E-state index >= 15 is 0 Å². The topological polar surface area (TPSA) is 46.2 Å². The monoisotopic (exact) mass is 381 g/mol. The summed E-state index contributed by atoms with van der Waals surface area (Å²) in [6, 6.07) is 19.9. The van der Waals surface area contributed by atoms with Crippen molar-refractivity contribution in [2.24, 2.45) is 0 Å². The van der Waals surface area contributed by atoms with Crippen molar-refractivity contribution in [3.05, 3.63) is 89.9 Å². The number of aromatic nitrogens is 1. The van der Waals surface area contributed by atoms with Gasteiger partial charge in [0.15, 0.2) is 5.11 Å². The third-order valence-corrected chi connectivity index (χ3v) is 4.13. The van der Waals surface area contributed by atoms with Crippen molar-refractivity contribution in [3.63, 3.8) is 0 Å². The van der Waals surface area contributed by atoms with E-state index in [9.17, 15) is 4.39 Å². The minimum Gasteiger partial charge on any atom is -0.439 e. The molecule has 0 aliphatic heterocycles. The molecule has 3 aromatic rings. The lowest BCUT2D eigenvalue weighted by atomic mass is 10.1. The molecule has 0 saturated heterocycles. The van der Waals surface area contributed by atoms with Crippen LogP contribution in [0.4, 0.5) is 4.39 Å². The fourth-order valence-electron chi connectivity index (χ4n) is 2.50. The number of rotatable bonds is 7. The maximum Gasteiger partial charge on any atom is 0.224 e. The molecule has 0 aliphatic rings. The standard InChI is InChI=1S/C21H20FN3OS/c22-18-9-4-10-19(14-18)26-20-17(8-5-12-23-20)15-25-21(27)24-13-11-16-6-2-1-3-7-16/h1-10,12,14H,11,13,15H2,(H2,24,25,27). The van der Waals surface area contributed by atoms with Gasteiger partial charge in [0.05, 0.1) is 0 Å². The number of benzene rings is 2. The Morgan fingerprint density at radius 1 is 1.00 bits per heavy atom. The quantitative estimate of drug-likeness (QED) is 0.600. The van der Waals surface area contributed by atoms with Gasteiger partial charge in [0.2, 0.25) is 5.88 Å². The Balaban J connectivity index is 1.51. The van der Waals surface area contributed by atoms with E-state index in [2.05, 4.69) is 27.8 Å². The van der Waals surface area contributed by atoms with E-state index in [1.165, 1.54) is 17.7 Å². The molecule has 2 N–H and O–H groups in total. The predicted molar refractivity (Wildman–Crippen MR) is 108 cm³/mol. The highest BCUT2D eigenvalue weighted by Gasteiger charge is 2.07. The molecule has 138 valence electrons. The summed E-state index contributed by atoms with van der Waals surface area (Å²) in [5.74, 6) is 0.466. The molecule has 2 aromatic carbocycles. The molecule has 27 heavy (non-hydrogen) atoms. The van der Waals surface area contributed by atoms with Gasteiger partial charge in [0.25, 0.3) is 0 Å². The normalized spacial score (nSPS) is 10.3. The molecule has 6 heteroatoms. The van der Waals surface area contributed by atoms with Gasteiger partial charge < -0.3 is 15.4 Å². The first kappa shape index (κ1) is 18.8. The van der Waals surface area contributed by atoms with Crippen molar-refractivity contribution in [1.82, 2.24) is 15.6 Å². The molecule has 0 aliphatic carbocycles. The second kappa shape index (κ2) is 9.64. The van der Waals surface area contributed by atoms with Crippen LogP contribution in [0.1, 0.15) is 11.1 Å². The minimum absolute atomic E-state index is 0.355. The maximum atomic E-state index is 13.3. The first-order valence-corrected chi connectivity index (χ1v) is 9.04. The van der Waals surface area contributed by atoms with Crippen molar-refractivity contribution in [2.45, 2.75) is 13.0 Å². The van der Waals surface area contributed by atoms with Crippen LogP contribution in [0.15, 0.2) is 72.9 Å². The van der Waals surface area contributed by atoms with Crippen LogP contribution in [0, 0.1) is 5.82 Å². The molecule has 0 bridgehead atoms. The molecule has 0 fully saturated rings. The van der Waals surface area contributed by atoms with Crippen LogP contribution in [0.5, 0.6) is 11.6 Å². The minimum atomic E-state index is -0.355. The number of pyridine rings is 1. The molecule has 3 rings (SSSR count). The molecule has 0 spiro atoms. The summed E-state index contributed by atoms with van der Waals surface area (Å²) < 4.78 is 19.0. The summed E-state index contributed by atoms with van der Waals surface area (Å²) in [5, 5.41) is 6.90. The predicted octanol–water partition coefficient (Wildman–Crippen LogP) is 4.22. The van der Waals surface area contributed by atoms with Gasteiger partial charge in [0.1, 0.15) is 11.6 Å². The highest BCUT2D eigenvalue weighted by atomic mass is 32.1. The maximum absolute atomic E-state index is 13.3. The van der Waals surface area contributed by atoms with Crippen LogP contribution in [0.3, 0.4) is 0 Å². The van der Waals surface area contributed by atoms with Gasteiger partial charge in [-0.1, -0.05) is 42.5 Å². The molecule has 0 radical (unpaired) electrons. The molecule has 0 saturated carbocycles. The Hall–Kier alpha value is -2.99. The molecule has 0 unspecified atom stereocenters. The van der Waals surface area contributed by atoms with Gasteiger partial charge in [-0.05, 0) is 42.4 Å². The number of nitrogens with one attached hydrogen (secondary N) is 2. The summed E-state index contributed by atoms with van der Waals surface area (Å²) in [7, 11) is 0. The number of ether oxygens (including phenoxy) is 1. The van der Waals surface area contributed by atoms with E-state index in [-0.39, 0.29) is 5.82 Å². The molecular weight excluding hydrogens is 361 g/mol. The number of halogens is 1. The van der Waals surface area contributed by atoms with E-state index in [1.807, 2.05) is 30.3 Å². The SMILES string of the molecule is Fc1cccc(Oc2ncccc2CNC(=S)NCCc2ccccc2)c1. The molecule has 1 heterocycles. The largest absolute Gasteiger partial charge is 0.439 e. The second-order valence-corrected chi connectivity index (χ2v) is 6.28. The molecule has 1 aromatic heterocycles. The van der Waals surface area contributed by atoms with Gasteiger partial charge in [-0.15, -0.1) is 0 Å². The first-order valence-electron chi connectivity index (χ1n) is 8.63. The highest BCUT2D eigenvalue weighted by Crippen LogP contribution is 2.23. The smallest absolute Gasteiger partial charge is 0.224 e. The van der Waals surface area contributed by atoms with Crippen molar-refractivity contribution in [3.8, 4) is 11.6 Å². The number of thiocarbonyl (C=S) groups is 1. The van der Waals surface area contributed by atoms with Crippen LogP contribution < -0.4 is 15.4 Å². The van der Waals surface area contributed by atoms with Gasteiger partial charge in [-0.3, -0.25) is 0 Å². The average molecular weight is 381 g/mol. The third kappa shape index (κ3) is 6.04. The zero-order valence-electron chi connectivity index (χ0n) is 14.7. The van der Waals surface area contributed by atoms with E-state index in [4.69, 9.17) is 17.0 Å². The van der Waals surface area contributed by atoms with Gasteiger partial charge >= 0.3 is 0 Å². The fraction of sp³-hybridized carbons (Fsp3) is 0.143. The van der Waals surface area contributed by atoms with Crippen LogP contribution >= 0.6 is 12.2 Å². The van der Waals surface area contributed by atoms with Crippen LogP contribution in [-0.4, -0.2) is 16.6 Å². The van der Waals surface area contributed by atoms with Gasteiger partial charge in [0, 0.05) is 30.9 Å². The van der Waals surface area contributed by atoms with Crippen molar-refractivity contribution < 1.29 is 9.13 Å². The van der Waals surface area contributed by atoms with E-state index in [1.54, 1.807) is 18.3 Å². The highest BCUT2D eigenvalue weighted by molar-refractivity contribution is 7.80. The Morgan fingerprint density at radius 2 is 1.85 bits per heavy atom. The van der Waals surface area contributed by atoms with Crippen molar-refractivity contribution >= 4 is 17.3 Å². The Labute approximate surface area is 163 Å². The molecule has 4 nitrogen and oxygen atoms in total. The van der Waals surface area contributed by atoms with E-state index in [0.717, 1.165) is 18.5 Å². The summed E-state index contributed by atoms with van der Waals surface area (Å²) in [5.41, 5.74) is 2.08. The Kier molecular flexibility index (Phi) is 6.71. The Bertz CT molecular complexity index is 889. The average Bonchev–Trinajstić information content (AvgIpc) is 2.68. The van der Waals surface area contributed by atoms with E-state index < -0.39 is 0 Å². The number of hydrogen-bond donors (Lipinski definition) is 2. The zero-order valence-corrected chi connectivity index (χ0v) is 15.5. The van der Waals surface area contributed by atoms with Crippen LogP contribution in [0.2, 0.25) is 0 Å². The van der Waals surface area contributed by atoms with E-state index in [0.29, 0.717) is 23.3 Å². The summed E-state index contributed by atoms with van der Waals surface area (Å²) in [6.07, 6.45) is 2.53. The van der Waals surface area contributed by atoms with Crippen molar-refractivity contribution in [1.29, 1.82) is 0 Å². The summed E-state index contributed by atoms with van der Waals surface area (Å²) in [6.45, 7) is 1.20. The second-order valence-electron chi connectivity index (χ2n) is 5.87. The lowest BCUT2D eigenvalue weighted by molar-refractivity contribution is 0.451. The summed E-state index contributed by atoms with van der Waals surface area (Å²) >= 11 is 5.33. The first-order chi connectivity index (χ1) is 13.2. The van der Waals surface area contributed by atoms with Gasteiger partial charge in [-0.2, -0.15) is 0 Å². The fourth-order valence-corrected chi connectivity index (χ4v) is 2.67. The van der Waals surface area contributed by atoms with Crippen LogP contribution in [0.25, 0.3) is 0 Å². The number of hydrogen-bond acceptors (Lipinski definition) is 3. The molecule has 0 atom stereocenters. The lowest BCUT2D eigenvalue weighted by Crippen LogP contribution is -2.36. The zero-order chi connectivity index (χ0) is 18.9. The summed E-state index contributed by atoms with van der Waals surface area (Å²) in [4.78, 5) is 4.24. The Morgan fingerprint density at radius 3 is 2.67 bits per heavy atom. The number of nitrogens with zero attached hydrogens (tertiary/aromatic N) is 1. The molecule has 0 amide bonds. The van der Waals surface area contributed by atoms with Crippen LogP contribution in [-0.2, 0) is 13.0 Å².